The first kappa shape index (κ1) is 22.2. The van der Waals surface area contributed by atoms with Crippen LogP contribution in [-0.4, -0.2) is 60.7 Å². The first-order chi connectivity index (χ1) is 15.4. The van der Waals surface area contributed by atoms with Crippen molar-refractivity contribution in [1.82, 2.24) is 20.1 Å². The summed E-state index contributed by atoms with van der Waals surface area (Å²) in [7, 11) is 1.47. The number of benzene rings is 1. The Labute approximate surface area is 187 Å². The number of nitrogens with one attached hydrogen (secondary N) is 2. The minimum atomic E-state index is -0.501. The van der Waals surface area contributed by atoms with Crippen molar-refractivity contribution >= 4 is 11.8 Å². The lowest BCUT2D eigenvalue weighted by atomic mass is 10.1. The molecule has 2 aromatic rings. The molecule has 4 rings (SSSR count). The number of pyridine rings is 1. The monoisotopic (exact) mass is 438 g/mol. The topological polar surface area (TPSA) is 92.7 Å². The average Bonchev–Trinajstić information content (AvgIpc) is 3.49. The fourth-order valence-corrected chi connectivity index (χ4v) is 3.99. The molecule has 0 unspecified atom stereocenters. The van der Waals surface area contributed by atoms with Crippen molar-refractivity contribution < 1.29 is 14.3 Å². The van der Waals surface area contributed by atoms with Crippen LogP contribution in [0.2, 0.25) is 0 Å². The lowest BCUT2D eigenvalue weighted by Gasteiger charge is -2.26. The van der Waals surface area contributed by atoms with Crippen LogP contribution in [0.1, 0.15) is 45.2 Å². The van der Waals surface area contributed by atoms with E-state index in [0.29, 0.717) is 11.5 Å². The van der Waals surface area contributed by atoms with Gasteiger partial charge in [-0.2, -0.15) is 0 Å². The molecule has 0 spiro atoms. The van der Waals surface area contributed by atoms with E-state index in [1.165, 1.54) is 17.7 Å². The van der Waals surface area contributed by atoms with E-state index in [4.69, 9.17) is 4.74 Å². The van der Waals surface area contributed by atoms with Gasteiger partial charge in [0.15, 0.2) is 0 Å². The molecule has 32 heavy (non-hydrogen) atoms. The van der Waals surface area contributed by atoms with Gasteiger partial charge in [0, 0.05) is 38.9 Å². The molecule has 2 amide bonds. The van der Waals surface area contributed by atoms with Gasteiger partial charge >= 0.3 is 0 Å². The number of aromatic nitrogens is 1. The van der Waals surface area contributed by atoms with Crippen LogP contribution in [0.3, 0.4) is 0 Å². The predicted octanol–water partition coefficient (Wildman–Crippen LogP) is 1.23. The summed E-state index contributed by atoms with van der Waals surface area (Å²) in [4.78, 5) is 40.3. The maximum Gasteiger partial charge on any atom is 0.263 e. The van der Waals surface area contributed by atoms with Crippen molar-refractivity contribution in [1.29, 1.82) is 0 Å². The average molecular weight is 439 g/mol. The Morgan fingerprint density at radius 1 is 1.09 bits per heavy atom. The van der Waals surface area contributed by atoms with Crippen molar-refractivity contribution in [3.05, 3.63) is 69.1 Å². The van der Waals surface area contributed by atoms with Gasteiger partial charge in [-0.05, 0) is 29.5 Å². The Balaban J connectivity index is 1.58. The SMILES string of the molecule is CNC(=O)c1cc(C(=O)N[C@@H]2C[C@H]2C)cn(Cc2cccc(CN3CCOCC3)c2)c1=O. The first-order valence-electron chi connectivity index (χ1n) is 11.1. The Bertz CT molecular complexity index is 1060. The maximum absolute atomic E-state index is 13.0. The number of rotatable bonds is 7. The van der Waals surface area contributed by atoms with Crippen molar-refractivity contribution in [3.8, 4) is 0 Å². The number of morpholine rings is 1. The van der Waals surface area contributed by atoms with Gasteiger partial charge in [-0.25, -0.2) is 0 Å². The van der Waals surface area contributed by atoms with Crippen LogP contribution in [0.5, 0.6) is 0 Å². The molecule has 8 heteroatoms. The number of amides is 2. The zero-order valence-electron chi connectivity index (χ0n) is 18.6. The third-order valence-corrected chi connectivity index (χ3v) is 6.10. The van der Waals surface area contributed by atoms with E-state index in [1.807, 2.05) is 12.1 Å². The molecule has 0 radical (unpaired) electrons. The van der Waals surface area contributed by atoms with Crippen molar-refractivity contribution in [2.24, 2.45) is 5.92 Å². The zero-order valence-corrected chi connectivity index (χ0v) is 18.6. The largest absolute Gasteiger partial charge is 0.379 e. The standard InChI is InChI=1S/C24H30N4O4/c1-16-10-21(16)26-22(29)19-12-20(23(30)25-2)24(31)28(15-19)14-18-5-3-4-17(11-18)13-27-6-8-32-9-7-27/h3-5,11-12,15-16,21H,6-10,13-14H2,1-2H3,(H,25,30)(H,26,29)/t16-,21-/m1/s1. The summed E-state index contributed by atoms with van der Waals surface area (Å²) in [6.45, 7) is 6.45. The fraction of sp³-hybridized carbons (Fsp3) is 0.458. The molecule has 2 heterocycles. The van der Waals surface area contributed by atoms with Crippen molar-refractivity contribution in [3.63, 3.8) is 0 Å². The van der Waals surface area contributed by atoms with Gasteiger partial charge in [0.2, 0.25) is 0 Å². The van der Waals surface area contributed by atoms with Crippen LogP contribution in [0.15, 0.2) is 41.3 Å². The number of nitrogens with zero attached hydrogens (tertiary/aromatic N) is 2. The highest BCUT2D eigenvalue weighted by molar-refractivity contribution is 5.99. The van der Waals surface area contributed by atoms with Gasteiger partial charge in [0.1, 0.15) is 5.56 Å². The Morgan fingerprint density at radius 2 is 1.78 bits per heavy atom. The van der Waals surface area contributed by atoms with Crippen LogP contribution >= 0.6 is 0 Å². The van der Waals surface area contributed by atoms with Crippen LogP contribution in [0, 0.1) is 5.92 Å². The van der Waals surface area contributed by atoms with E-state index in [-0.39, 0.29) is 24.1 Å². The van der Waals surface area contributed by atoms with Gasteiger partial charge in [0.05, 0.1) is 25.3 Å². The molecule has 2 N–H and O–H groups in total. The molecule has 1 aromatic carbocycles. The summed E-state index contributed by atoms with van der Waals surface area (Å²) in [5.74, 6) is -0.309. The third kappa shape index (κ3) is 5.26. The summed E-state index contributed by atoms with van der Waals surface area (Å²) in [5.41, 5.74) is 1.95. The number of hydrogen-bond acceptors (Lipinski definition) is 5. The van der Waals surface area contributed by atoms with Crippen LogP contribution < -0.4 is 16.2 Å². The zero-order chi connectivity index (χ0) is 22.7. The molecule has 1 aliphatic carbocycles. The fourth-order valence-electron chi connectivity index (χ4n) is 3.99. The molecule has 1 saturated heterocycles. The van der Waals surface area contributed by atoms with Crippen molar-refractivity contribution in [2.45, 2.75) is 32.5 Å². The molecular weight excluding hydrogens is 408 g/mol. The molecule has 1 aromatic heterocycles. The van der Waals surface area contributed by atoms with E-state index in [1.54, 1.807) is 6.20 Å². The minimum absolute atomic E-state index is 0.0338. The molecule has 0 bridgehead atoms. The second kappa shape index (κ2) is 9.67. The molecule has 1 aliphatic heterocycles. The van der Waals surface area contributed by atoms with E-state index in [2.05, 4.69) is 34.6 Å². The normalized spacial score (nSPS) is 20.6. The molecule has 8 nitrogen and oxygen atoms in total. The molecule has 170 valence electrons. The second-order valence-electron chi connectivity index (χ2n) is 8.66. The Morgan fingerprint density at radius 3 is 2.44 bits per heavy atom. The number of carbonyl (C=O) groups is 2. The van der Waals surface area contributed by atoms with E-state index in [9.17, 15) is 14.4 Å². The smallest absolute Gasteiger partial charge is 0.263 e. The van der Waals surface area contributed by atoms with Gasteiger partial charge in [-0.3, -0.25) is 19.3 Å². The molecule has 2 atom stereocenters. The molecule has 2 fully saturated rings. The van der Waals surface area contributed by atoms with E-state index in [0.717, 1.165) is 50.4 Å². The van der Waals surface area contributed by atoms with Crippen LogP contribution in [0.4, 0.5) is 0 Å². The van der Waals surface area contributed by atoms with Gasteiger partial charge in [-0.15, -0.1) is 0 Å². The third-order valence-electron chi connectivity index (χ3n) is 6.10. The quantitative estimate of drug-likeness (QED) is 0.678. The molecular formula is C24H30N4O4. The van der Waals surface area contributed by atoms with Gasteiger partial charge in [-0.1, -0.05) is 31.2 Å². The van der Waals surface area contributed by atoms with E-state index < -0.39 is 11.5 Å². The van der Waals surface area contributed by atoms with Gasteiger partial charge in [0.25, 0.3) is 17.4 Å². The lowest BCUT2D eigenvalue weighted by molar-refractivity contribution is 0.0342. The van der Waals surface area contributed by atoms with E-state index >= 15 is 0 Å². The summed E-state index contributed by atoms with van der Waals surface area (Å²) in [5, 5.41) is 5.46. The predicted molar refractivity (Wildman–Crippen MR) is 121 cm³/mol. The first-order valence-corrected chi connectivity index (χ1v) is 11.1. The minimum Gasteiger partial charge on any atom is -0.379 e. The van der Waals surface area contributed by atoms with Crippen molar-refractivity contribution in [2.75, 3.05) is 33.4 Å². The molecule has 1 saturated carbocycles. The second-order valence-corrected chi connectivity index (χ2v) is 8.66. The number of hydrogen-bond donors (Lipinski definition) is 2. The van der Waals surface area contributed by atoms with Gasteiger partial charge < -0.3 is 19.9 Å². The highest BCUT2D eigenvalue weighted by Gasteiger charge is 2.34. The summed E-state index contributed by atoms with van der Waals surface area (Å²) < 4.78 is 6.86. The number of carbonyl (C=O) groups excluding carboxylic acids is 2. The Kier molecular flexibility index (Phi) is 6.72. The van der Waals surface area contributed by atoms with Crippen LogP contribution in [-0.2, 0) is 17.8 Å². The lowest BCUT2D eigenvalue weighted by Crippen LogP contribution is -2.35. The van der Waals surface area contributed by atoms with Crippen LogP contribution in [0.25, 0.3) is 0 Å². The summed E-state index contributed by atoms with van der Waals surface area (Å²) in [6, 6.07) is 9.60. The number of ether oxygens (including phenoxy) is 1. The molecule has 2 aliphatic rings. The summed E-state index contributed by atoms with van der Waals surface area (Å²) in [6.07, 6.45) is 2.50. The Hall–Kier alpha value is -2.97. The highest BCUT2D eigenvalue weighted by Crippen LogP contribution is 2.29. The highest BCUT2D eigenvalue weighted by atomic mass is 16.5. The summed E-state index contributed by atoms with van der Waals surface area (Å²) >= 11 is 0. The maximum atomic E-state index is 13.0.